The van der Waals surface area contributed by atoms with Crippen molar-refractivity contribution < 1.29 is 14.7 Å². The fourth-order valence-corrected chi connectivity index (χ4v) is 2.44. The van der Waals surface area contributed by atoms with Crippen molar-refractivity contribution in [1.29, 1.82) is 0 Å². The van der Waals surface area contributed by atoms with E-state index in [9.17, 15) is 9.59 Å². The number of nitrogens with one attached hydrogen (secondary N) is 1. The summed E-state index contributed by atoms with van der Waals surface area (Å²) in [7, 11) is 0. The standard InChI is InChI=1S/C11H15NO3S/c1-8(13)12-10(11(14)15)7-16-9-5-3-2-4-6-9/h2-5,9-10H,6-7H2,1H3,(H,12,13)(H,14,15)/t9?,10-/m0/s1. The Labute approximate surface area is 98.8 Å². The Morgan fingerprint density at radius 2 is 2.31 bits per heavy atom. The molecule has 0 aromatic rings. The molecule has 1 amide bonds. The third-order valence-electron chi connectivity index (χ3n) is 2.09. The molecular formula is C11H15NO3S. The zero-order valence-corrected chi connectivity index (χ0v) is 9.87. The molecule has 2 N–H and O–H groups in total. The highest BCUT2D eigenvalue weighted by atomic mass is 32.2. The first-order valence-electron chi connectivity index (χ1n) is 5.04. The molecule has 1 rings (SSSR count). The van der Waals surface area contributed by atoms with Crippen molar-refractivity contribution in [3.63, 3.8) is 0 Å². The van der Waals surface area contributed by atoms with Crippen LogP contribution in [0.2, 0.25) is 0 Å². The molecule has 1 unspecified atom stereocenters. The van der Waals surface area contributed by atoms with Gasteiger partial charge >= 0.3 is 5.97 Å². The lowest BCUT2D eigenvalue weighted by Crippen LogP contribution is -2.41. The first kappa shape index (κ1) is 12.8. The second-order valence-corrected chi connectivity index (χ2v) is 4.78. The Morgan fingerprint density at radius 1 is 1.56 bits per heavy atom. The lowest BCUT2D eigenvalue weighted by molar-refractivity contribution is -0.140. The summed E-state index contributed by atoms with van der Waals surface area (Å²) in [6, 6.07) is -0.804. The first-order chi connectivity index (χ1) is 7.59. The number of carboxylic acids is 1. The van der Waals surface area contributed by atoms with Gasteiger partial charge in [0.25, 0.3) is 0 Å². The van der Waals surface area contributed by atoms with Gasteiger partial charge in [-0.2, -0.15) is 11.8 Å². The van der Waals surface area contributed by atoms with Gasteiger partial charge in [-0.05, 0) is 6.42 Å². The van der Waals surface area contributed by atoms with E-state index in [0.717, 1.165) is 6.42 Å². The predicted octanol–water partition coefficient (Wildman–Crippen LogP) is 1.19. The summed E-state index contributed by atoms with van der Waals surface area (Å²) in [6.45, 7) is 1.32. The summed E-state index contributed by atoms with van der Waals surface area (Å²) in [4.78, 5) is 21.6. The summed E-state index contributed by atoms with van der Waals surface area (Å²) in [5.41, 5.74) is 0. The number of amides is 1. The molecule has 5 heteroatoms. The monoisotopic (exact) mass is 241 g/mol. The van der Waals surface area contributed by atoms with Gasteiger partial charge in [-0.3, -0.25) is 4.79 Å². The summed E-state index contributed by atoms with van der Waals surface area (Å²) in [5, 5.41) is 11.6. The molecule has 0 bridgehead atoms. The molecule has 1 aliphatic carbocycles. The molecule has 0 saturated carbocycles. The molecule has 0 heterocycles. The molecule has 16 heavy (non-hydrogen) atoms. The number of rotatable bonds is 5. The molecule has 1 aliphatic rings. The lowest BCUT2D eigenvalue weighted by atomic mass is 10.2. The highest BCUT2D eigenvalue weighted by molar-refractivity contribution is 8.00. The van der Waals surface area contributed by atoms with E-state index in [1.54, 1.807) is 11.8 Å². The van der Waals surface area contributed by atoms with Crippen molar-refractivity contribution in [2.45, 2.75) is 24.6 Å². The van der Waals surface area contributed by atoms with Crippen LogP contribution in [0.15, 0.2) is 24.3 Å². The summed E-state index contributed by atoms with van der Waals surface area (Å²) in [5.74, 6) is -0.914. The minimum atomic E-state index is -0.988. The molecule has 0 fully saturated rings. The van der Waals surface area contributed by atoms with Crippen LogP contribution < -0.4 is 5.32 Å². The third kappa shape index (κ3) is 4.53. The van der Waals surface area contributed by atoms with Gasteiger partial charge in [0, 0.05) is 17.9 Å². The maximum Gasteiger partial charge on any atom is 0.327 e. The molecule has 4 nitrogen and oxygen atoms in total. The second kappa shape index (κ2) is 6.37. The normalized spacial score (nSPS) is 20.4. The molecule has 88 valence electrons. The summed E-state index contributed by atoms with van der Waals surface area (Å²) in [6.07, 6.45) is 8.92. The number of allylic oxidation sites excluding steroid dienone is 3. The van der Waals surface area contributed by atoms with Gasteiger partial charge in [-0.15, -0.1) is 0 Å². The van der Waals surface area contributed by atoms with Gasteiger partial charge in [0.15, 0.2) is 0 Å². The first-order valence-corrected chi connectivity index (χ1v) is 6.09. The van der Waals surface area contributed by atoms with Crippen molar-refractivity contribution in [2.75, 3.05) is 5.75 Å². The Balaban J connectivity index is 2.37. The van der Waals surface area contributed by atoms with Gasteiger partial charge in [0.1, 0.15) is 6.04 Å². The van der Waals surface area contributed by atoms with Crippen LogP contribution in [0.5, 0.6) is 0 Å². The van der Waals surface area contributed by atoms with Gasteiger partial charge in [0.05, 0.1) is 0 Å². The largest absolute Gasteiger partial charge is 0.480 e. The van der Waals surface area contributed by atoms with Crippen LogP contribution in [-0.2, 0) is 9.59 Å². The Kier molecular flexibility index (Phi) is 5.11. The fraction of sp³-hybridized carbons (Fsp3) is 0.455. The molecule has 0 spiro atoms. The summed E-state index contributed by atoms with van der Waals surface area (Å²) >= 11 is 1.54. The SMILES string of the molecule is CC(=O)N[C@@H](CSC1C=CC=CC1)C(=O)O. The van der Waals surface area contributed by atoms with Crippen LogP contribution in [0.4, 0.5) is 0 Å². The van der Waals surface area contributed by atoms with Crippen LogP contribution >= 0.6 is 11.8 Å². The third-order valence-corrected chi connectivity index (χ3v) is 3.40. The number of carbonyl (C=O) groups is 2. The molecule has 0 radical (unpaired) electrons. The van der Waals surface area contributed by atoms with E-state index in [0.29, 0.717) is 11.0 Å². The molecule has 0 aliphatic heterocycles. The molecule has 0 aromatic heterocycles. The van der Waals surface area contributed by atoms with Gasteiger partial charge in [-0.1, -0.05) is 24.3 Å². The molecule has 0 aromatic carbocycles. The number of aliphatic carboxylic acids is 1. The van der Waals surface area contributed by atoms with Crippen LogP contribution in [0, 0.1) is 0 Å². The van der Waals surface area contributed by atoms with Crippen molar-refractivity contribution >= 4 is 23.6 Å². The number of carboxylic acid groups (broad SMARTS) is 1. The zero-order chi connectivity index (χ0) is 12.0. The quantitative estimate of drug-likeness (QED) is 0.759. The predicted molar refractivity (Wildman–Crippen MR) is 64.4 cm³/mol. The lowest BCUT2D eigenvalue weighted by Gasteiger charge is -2.17. The maximum atomic E-state index is 10.8. The highest BCUT2D eigenvalue weighted by Crippen LogP contribution is 2.20. The maximum absolute atomic E-state index is 10.8. The number of thioether (sulfide) groups is 1. The topological polar surface area (TPSA) is 66.4 Å². The van der Waals surface area contributed by atoms with E-state index < -0.39 is 12.0 Å². The average molecular weight is 241 g/mol. The van der Waals surface area contributed by atoms with Gasteiger partial charge < -0.3 is 10.4 Å². The van der Waals surface area contributed by atoms with E-state index in [1.165, 1.54) is 6.92 Å². The zero-order valence-electron chi connectivity index (χ0n) is 9.05. The van der Waals surface area contributed by atoms with Gasteiger partial charge in [0.2, 0.25) is 5.91 Å². The Morgan fingerprint density at radius 3 is 2.81 bits per heavy atom. The molecular weight excluding hydrogens is 226 g/mol. The minimum absolute atomic E-state index is 0.306. The Bertz CT molecular complexity index is 325. The molecule has 2 atom stereocenters. The number of hydrogen-bond donors (Lipinski definition) is 2. The molecule has 0 saturated heterocycles. The smallest absolute Gasteiger partial charge is 0.327 e. The number of carbonyl (C=O) groups excluding carboxylic acids is 1. The van der Waals surface area contributed by atoms with Gasteiger partial charge in [-0.25, -0.2) is 4.79 Å². The van der Waals surface area contributed by atoms with E-state index in [4.69, 9.17) is 5.11 Å². The van der Waals surface area contributed by atoms with E-state index in [2.05, 4.69) is 5.32 Å². The Hall–Kier alpha value is -1.23. The van der Waals surface area contributed by atoms with E-state index >= 15 is 0 Å². The van der Waals surface area contributed by atoms with Crippen molar-refractivity contribution in [3.05, 3.63) is 24.3 Å². The van der Waals surface area contributed by atoms with Crippen molar-refractivity contribution in [1.82, 2.24) is 5.32 Å². The minimum Gasteiger partial charge on any atom is -0.480 e. The van der Waals surface area contributed by atoms with Crippen molar-refractivity contribution in [2.24, 2.45) is 0 Å². The van der Waals surface area contributed by atoms with Crippen LogP contribution in [-0.4, -0.2) is 34.0 Å². The van der Waals surface area contributed by atoms with Crippen LogP contribution in [0.3, 0.4) is 0 Å². The fourth-order valence-electron chi connectivity index (χ4n) is 1.32. The summed E-state index contributed by atoms with van der Waals surface area (Å²) < 4.78 is 0. The van der Waals surface area contributed by atoms with E-state index in [1.807, 2.05) is 24.3 Å². The second-order valence-electron chi connectivity index (χ2n) is 3.51. The van der Waals surface area contributed by atoms with Crippen LogP contribution in [0.1, 0.15) is 13.3 Å². The van der Waals surface area contributed by atoms with Crippen molar-refractivity contribution in [3.8, 4) is 0 Å². The number of hydrogen-bond acceptors (Lipinski definition) is 3. The average Bonchev–Trinajstić information content (AvgIpc) is 2.25. The van der Waals surface area contributed by atoms with Crippen LogP contribution in [0.25, 0.3) is 0 Å². The van der Waals surface area contributed by atoms with E-state index in [-0.39, 0.29) is 5.91 Å². The highest BCUT2D eigenvalue weighted by Gasteiger charge is 2.19.